The molecule has 1 aromatic carbocycles. The Labute approximate surface area is 171 Å². The molecule has 160 valence electrons. The van der Waals surface area contributed by atoms with Crippen molar-refractivity contribution in [1.82, 2.24) is 14.5 Å². The minimum Gasteiger partial charge on any atom is -0.490 e. The van der Waals surface area contributed by atoms with Crippen molar-refractivity contribution in [2.24, 2.45) is 0 Å². The molecule has 0 spiro atoms. The van der Waals surface area contributed by atoms with E-state index in [1.165, 1.54) is 12.1 Å². The zero-order chi connectivity index (χ0) is 20.9. The van der Waals surface area contributed by atoms with Crippen LogP contribution in [0.3, 0.4) is 0 Å². The molecular formula is C19H27N3O6S. The summed E-state index contributed by atoms with van der Waals surface area (Å²) in [6, 6.07) is 4.48. The standard InChI is InChI=1S/C19H27N3O6S/c1-2-18(23)21-8-10-22(11-9-21)19(24)6-7-20-29(25,26)15-4-5-16-17(14-15)28-13-3-12-27-16/h4-5,14,20H,2-3,6-13H2,1H3. The van der Waals surface area contributed by atoms with E-state index >= 15 is 0 Å². The molecule has 2 heterocycles. The van der Waals surface area contributed by atoms with Crippen LogP contribution in [-0.4, -0.2) is 76.0 Å². The molecule has 0 atom stereocenters. The number of sulfonamides is 1. The largest absolute Gasteiger partial charge is 0.490 e. The topological polar surface area (TPSA) is 105 Å². The third-order valence-electron chi connectivity index (χ3n) is 4.95. The lowest BCUT2D eigenvalue weighted by Gasteiger charge is -2.34. The second-order valence-electron chi connectivity index (χ2n) is 6.92. The Morgan fingerprint density at radius 1 is 1.00 bits per heavy atom. The van der Waals surface area contributed by atoms with Gasteiger partial charge >= 0.3 is 0 Å². The number of hydrogen-bond donors (Lipinski definition) is 1. The van der Waals surface area contributed by atoms with Gasteiger partial charge in [0.2, 0.25) is 21.8 Å². The van der Waals surface area contributed by atoms with Gasteiger partial charge in [0, 0.05) is 58.1 Å². The van der Waals surface area contributed by atoms with Crippen molar-refractivity contribution in [3.63, 3.8) is 0 Å². The first-order chi connectivity index (χ1) is 13.9. The minimum absolute atomic E-state index is 0.00368. The molecule has 2 amide bonds. The van der Waals surface area contributed by atoms with Gasteiger partial charge in [-0.25, -0.2) is 13.1 Å². The van der Waals surface area contributed by atoms with Crippen molar-refractivity contribution in [3.05, 3.63) is 18.2 Å². The molecule has 0 aromatic heterocycles. The highest BCUT2D eigenvalue weighted by atomic mass is 32.2. The highest BCUT2D eigenvalue weighted by molar-refractivity contribution is 7.89. The van der Waals surface area contributed by atoms with Gasteiger partial charge in [0.15, 0.2) is 11.5 Å². The van der Waals surface area contributed by atoms with E-state index in [0.717, 1.165) is 6.42 Å². The number of hydrogen-bond acceptors (Lipinski definition) is 6. The van der Waals surface area contributed by atoms with Crippen molar-refractivity contribution < 1.29 is 27.5 Å². The van der Waals surface area contributed by atoms with E-state index in [-0.39, 0.29) is 29.7 Å². The minimum atomic E-state index is -3.76. The monoisotopic (exact) mass is 425 g/mol. The summed E-state index contributed by atoms with van der Waals surface area (Å²) in [6.07, 6.45) is 1.25. The maximum atomic E-state index is 12.5. The fourth-order valence-corrected chi connectivity index (χ4v) is 4.32. The van der Waals surface area contributed by atoms with Gasteiger partial charge in [-0.05, 0) is 12.1 Å². The van der Waals surface area contributed by atoms with E-state index in [1.54, 1.807) is 15.9 Å². The summed E-state index contributed by atoms with van der Waals surface area (Å²) < 4.78 is 38.6. The van der Waals surface area contributed by atoms with Gasteiger partial charge in [-0.2, -0.15) is 0 Å². The van der Waals surface area contributed by atoms with Crippen molar-refractivity contribution in [3.8, 4) is 11.5 Å². The summed E-state index contributed by atoms with van der Waals surface area (Å²) in [4.78, 5) is 27.5. The lowest BCUT2D eigenvalue weighted by atomic mass is 10.2. The smallest absolute Gasteiger partial charge is 0.240 e. The van der Waals surface area contributed by atoms with E-state index in [1.807, 2.05) is 6.92 Å². The van der Waals surface area contributed by atoms with Crippen LogP contribution in [0.4, 0.5) is 0 Å². The molecule has 3 rings (SSSR count). The first kappa shape index (κ1) is 21.4. The normalized spacial score (nSPS) is 17.0. The van der Waals surface area contributed by atoms with Gasteiger partial charge in [-0.3, -0.25) is 9.59 Å². The molecule has 0 aliphatic carbocycles. The highest BCUT2D eigenvalue weighted by Crippen LogP contribution is 2.31. The van der Waals surface area contributed by atoms with Crippen molar-refractivity contribution in [2.75, 3.05) is 45.9 Å². The molecule has 1 aromatic rings. The number of piperazine rings is 1. The third kappa shape index (κ3) is 5.39. The van der Waals surface area contributed by atoms with E-state index < -0.39 is 10.0 Å². The number of ether oxygens (including phenoxy) is 2. The predicted molar refractivity (Wildman–Crippen MR) is 105 cm³/mol. The maximum Gasteiger partial charge on any atom is 0.240 e. The second kappa shape index (κ2) is 9.45. The summed E-state index contributed by atoms with van der Waals surface area (Å²) >= 11 is 0. The molecule has 0 bridgehead atoms. The molecular weight excluding hydrogens is 398 g/mol. The molecule has 1 saturated heterocycles. The van der Waals surface area contributed by atoms with E-state index in [2.05, 4.69) is 4.72 Å². The average molecular weight is 426 g/mol. The summed E-state index contributed by atoms with van der Waals surface area (Å²) in [7, 11) is -3.76. The second-order valence-corrected chi connectivity index (χ2v) is 8.69. The molecule has 10 heteroatoms. The number of fused-ring (bicyclic) bond motifs is 1. The van der Waals surface area contributed by atoms with Crippen LogP contribution in [-0.2, 0) is 19.6 Å². The van der Waals surface area contributed by atoms with Crippen LogP contribution in [0, 0.1) is 0 Å². The fourth-order valence-electron chi connectivity index (χ4n) is 3.27. The van der Waals surface area contributed by atoms with Crippen LogP contribution >= 0.6 is 0 Å². The zero-order valence-electron chi connectivity index (χ0n) is 16.6. The van der Waals surface area contributed by atoms with Gasteiger partial charge < -0.3 is 19.3 Å². The Hall–Kier alpha value is -2.33. The van der Waals surface area contributed by atoms with Gasteiger partial charge in [0.25, 0.3) is 0 Å². The Bertz CT molecular complexity index is 850. The van der Waals surface area contributed by atoms with Crippen molar-refractivity contribution >= 4 is 21.8 Å². The molecule has 29 heavy (non-hydrogen) atoms. The highest BCUT2D eigenvalue weighted by Gasteiger charge is 2.24. The fraction of sp³-hybridized carbons (Fsp3) is 0.579. The SMILES string of the molecule is CCC(=O)N1CCN(C(=O)CCNS(=O)(=O)c2ccc3c(c2)OCCCO3)CC1. The number of carbonyl (C=O) groups excluding carboxylic acids is 2. The Kier molecular flexibility index (Phi) is 6.96. The van der Waals surface area contributed by atoms with Gasteiger partial charge in [-0.15, -0.1) is 0 Å². The molecule has 2 aliphatic rings. The van der Waals surface area contributed by atoms with Crippen LogP contribution in [0.2, 0.25) is 0 Å². The Morgan fingerprint density at radius 3 is 2.28 bits per heavy atom. The van der Waals surface area contributed by atoms with Crippen LogP contribution in [0.25, 0.3) is 0 Å². The quantitative estimate of drug-likeness (QED) is 0.716. The van der Waals surface area contributed by atoms with E-state index in [4.69, 9.17) is 9.47 Å². The molecule has 0 radical (unpaired) electrons. The van der Waals surface area contributed by atoms with Gasteiger partial charge in [0.05, 0.1) is 18.1 Å². The van der Waals surface area contributed by atoms with Crippen LogP contribution in [0.5, 0.6) is 11.5 Å². The number of amides is 2. The number of carbonyl (C=O) groups is 2. The maximum absolute atomic E-state index is 12.5. The number of rotatable bonds is 6. The molecule has 0 unspecified atom stereocenters. The van der Waals surface area contributed by atoms with Crippen LogP contribution in [0.1, 0.15) is 26.2 Å². The summed E-state index contributed by atoms with van der Waals surface area (Å²) in [5, 5.41) is 0. The number of nitrogens with zero attached hydrogens (tertiary/aromatic N) is 2. The van der Waals surface area contributed by atoms with E-state index in [0.29, 0.717) is 57.3 Å². The molecule has 2 aliphatic heterocycles. The first-order valence-electron chi connectivity index (χ1n) is 9.85. The third-order valence-corrected chi connectivity index (χ3v) is 6.41. The Morgan fingerprint density at radius 2 is 1.62 bits per heavy atom. The van der Waals surface area contributed by atoms with Gasteiger partial charge in [0.1, 0.15) is 0 Å². The molecule has 9 nitrogen and oxygen atoms in total. The van der Waals surface area contributed by atoms with Crippen LogP contribution in [0.15, 0.2) is 23.1 Å². The predicted octanol–water partition coefficient (Wildman–Crippen LogP) is 0.597. The average Bonchev–Trinajstić information content (AvgIpc) is 2.98. The first-order valence-corrected chi connectivity index (χ1v) is 11.3. The molecule has 1 N–H and O–H groups in total. The lowest BCUT2D eigenvalue weighted by molar-refractivity contribution is -0.139. The van der Waals surface area contributed by atoms with Crippen molar-refractivity contribution in [1.29, 1.82) is 0 Å². The van der Waals surface area contributed by atoms with Crippen LogP contribution < -0.4 is 14.2 Å². The molecule has 1 fully saturated rings. The number of benzene rings is 1. The summed E-state index contributed by atoms with van der Waals surface area (Å²) in [5.74, 6) is 0.883. The summed E-state index contributed by atoms with van der Waals surface area (Å²) in [5.41, 5.74) is 0. The molecule has 0 saturated carbocycles. The zero-order valence-corrected chi connectivity index (χ0v) is 17.4. The van der Waals surface area contributed by atoms with Crippen molar-refractivity contribution in [2.45, 2.75) is 31.1 Å². The Balaban J connectivity index is 1.50. The van der Waals surface area contributed by atoms with Gasteiger partial charge in [-0.1, -0.05) is 6.92 Å². The van der Waals surface area contributed by atoms with E-state index in [9.17, 15) is 18.0 Å². The number of nitrogens with one attached hydrogen (secondary N) is 1. The summed E-state index contributed by atoms with van der Waals surface area (Å²) in [6.45, 7) is 4.79. The lowest BCUT2D eigenvalue weighted by Crippen LogP contribution is -2.50.